The smallest absolute Gasteiger partial charge is 0.282 e. The molecule has 21 heavy (non-hydrogen) atoms. The first kappa shape index (κ1) is 15.3. The summed E-state index contributed by atoms with van der Waals surface area (Å²) in [5.41, 5.74) is 0.764. The molecule has 0 aromatic heterocycles. The van der Waals surface area contributed by atoms with Crippen molar-refractivity contribution in [2.75, 3.05) is 25.0 Å². The molecule has 1 aromatic rings. The number of anilines is 1. The van der Waals surface area contributed by atoms with Crippen LogP contribution in [0.5, 0.6) is 0 Å². The fraction of sp³-hybridized carbons (Fsp3) is 0.533. The third kappa shape index (κ3) is 3.15. The van der Waals surface area contributed by atoms with Crippen LogP contribution in [0.4, 0.5) is 11.4 Å². The van der Waals surface area contributed by atoms with Gasteiger partial charge in [0.05, 0.1) is 4.92 Å². The Morgan fingerprint density at radius 1 is 1.38 bits per heavy atom. The average molecular weight is 291 g/mol. The number of nitro benzene ring substituents is 1. The van der Waals surface area contributed by atoms with E-state index in [1.54, 1.807) is 17.0 Å². The Balaban J connectivity index is 2.33. The Morgan fingerprint density at radius 3 is 2.52 bits per heavy atom. The highest BCUT2D eigenvalue weighted by Crippen LogP contribution is 2.28. The van der Waals surface area contributed by atoms with Crippen LogP contribution in [0.1, 0.15) is 31.1 Å². The lowest BCUT2D eigenvalue weighted by Gasteiger charge is -2.16. The van der Waals surface area contributed by atoms with E-state index >= 15 is 0 Å². The average Bonchev–Trinajstić information content (AvgIpc) is 2.78. The molecule has 1 aliphatic rings. The largest absolute Gasteiger partial charge is 0.385 e. The van der Waals surface area contributed by atoms with Gasteiger partial charge in [0.2, 0.25) is 0 Å². The van der Waals surface area contributed by atoms with Gasteiger partial charge in [-0.15, -0.1) is 0 Å². The van der Waals surface area contributed by atoms with E-state index in [0.29, 0.717) is 31.5 Å². The van der Waals surface area contributed by atoms with Gasteiger partial charge in [0.1, 0.15) is 5.56 Å². The maximum atomic E-state index is 12.6. The molecule has 0 radical (unpaired) electrons. The Hall–Kier alpha value is -2.11. The van der Waals surface area contributed by atoms with Crippen LogP contribution < -0.4 is 5.32 Å². The van der Waals surface area contributed by atoms with Gasteiger partial charge in [-0.05, 0) is 30.9 Å². The first-order chi connectivity index (χ1) is 9.93. The van der Waals surface area contributed by atoms with E-state index in [1.807, 2.05) is 6.92 Å². The Labute approximate surface area is 124 Å². The Morgan fingerprint density at radius 2 is 2.00 bits per heavy atom. The second-order valence-electron chi connectivity index (χ2n) is 5.68. The number of carbonyl (C=O) groups is 1. The molecule has 1 heterocycles. The lowest BCUT2D eigenvalue weighted by molar-refractivity contribution is -0.385. The van der Waals surface area contributed by atoms with E-state index < -0.39 is 4.92 Å². The van der Waals surface area contributed by atoms with Crippen molar-refractivity contribution >= 4 is 17.3 Å². The van der Waals surface area contributed by atoms with Gasteiger partial charge < -0.3 is 10.2 Å². The number of amides is 1. The molecule has 1 N–H and O–H groups in total. The first-order valence-corrected chi connectivity index (χ1v) is 7.25. The minimum Gasteiger partial charge on any atom is -0.385 e. The zero-order valence-electron chi connectivity index (χ0n) is 12.6. The van der Waals surface area contributed by atoms with Crippen LogP contribution in [-0.4, -0.2) is 35.4 Å². The predicted molar refractivity (Wildman–Crippen MR) is 81.5 cm³/mol. The van der Waals surface area contributed by atoms with Crippen molar-refractivity contribution in [2.24, 2.45) is 11.8 Å². The molecule has 2 unspecified atom stereocenters. The van der Waals surface area contributed by atoms with E-state index in [9.17, 15) is 14.9 Å². The molecule has 0 bridgehead atoms. The van der Waals surface area contributed by atoms with Gasteiger partial charge in [-0.2, -0.15) is 0 Å². The van der Waals surface area contributed by atoms with E-state index in [0.717, 1.165) is 5.69 Å². The van der Waals surface area contributed by atoms with E-state index in [4.69, 9.17) is 0 Å². The summed E-state index contributed by atoms with van der Waals surface area (Å²) in [4.78, 5) is 25.0. The molecule has 0 spiro atoms. The number of carbonyl (C=O) groups excluding carboxylic acids is 1. The quantitative estimate of drug-likeness (QED) is 0.683. The monoisotopic (exact) mass is 291 g/mol. The molecule has 2 atom stereocenters. The molecule has 114 valence electrons. The lowest BCUT2D eigenvalue weighted by Crippen LogP contribution is -2.29. The topological polar surface area (TPSA) is 75.5 Å². The Kier molecular flexibility index (Phi) is 4.45. The normalized spacial score (nSPS) is 21.4. The van der Waals surface area contributed by atoms with Crippen molar-refractivity contribution in [1.29, 1.82) is 0 Å². The van der Waals surface area contributed by atoms with Crippen molar-refractivity contribution < 1.29 is 9.72 Å². The van der Waals surface area contributed by atoms with Crippen molar-refractivity contribution in [3.63, 3.8) is 0 Å². The molecular formula is C15H21N3O3. The van der Waals surface area contributed by atoms with Crippen LogP contribution in [0.25, 0.3) is 0 Å². The fourth-order valence-corrected chi connectivity index (χ4v) is 2.65. The Bertz CT molecular complexity index is 549. The molecule has 1 saturated heterocycles. The molecule has 2 rings (SSSR count). The number of hydrogen-bond donors (Lipinski definition) is 1. The summed E-state index contributed by atoms with van der Waals surface area (Å²) in [5, 5.41) is 14.2. The second kappa shape index (κ2) is 6.11. The first-order valence-electron chi connectivity index (χ1n) is 7.25. The summed E-state index contributed by atoms with van der Waals surface area (Å²) in [6.45, 7) is 8.14. The van der Waals surface area contributed by atoms with Gasteiger partial charge in [-0.3, -0.25) is 14.9 Å². The number of hydrogen-bond acceptors (Lipinski definition) is 4. The van der Waals surface area contributed by atoms with Crippen molar-refractivity contribution in [3.8, 4) is 0 Å². The minimum atomic E-state index is -0.494. The van der Waals surface area contributed by atoms with Crippen LogP contribution in [0, 0.1) is 22.0 Å². The number of nitro groups is 1. The van der Waals surface area contributed by atoms with E-state index in [-0.39, 0.29) is 17.2 Å². The predicted octanol–water partition coefficient (Wildman–Crippen LogP) is 2.75. The van der Waals surface area contributed by atoms with Crippen LogP contribution >= 0.6 is 0 Å². The van der Waals surface area contributed by atoms with Crippen LogP contribution in [0.15, 0.2) is 18.2 Å². The summed E-state index contributed by atoms with van der Waals surface area (Å²) in [6, 6.07) is 4.61. The third-order valence-corrected chi connectivity index (χ3v) is 4.08. The van der Waals surface area contributed by atoms with Gasteiger partial charge in [0.15, 0.2) is 0 Å². The van der Waals surface area contributed by atoms with Crippen molar-refractivity contribution in [2.45, 2.75) is 20.8 Å². The summed E-state index contributed by atoms with van der Waals surface area (Å²) < 4.78 is 0. The zero-order chi connectivity index (χ0) is 15.6. The maximum absolute atomic E-state index is 12.6. The molecule has 6 nitrogen and oxygen atoms in total. The highest BCUT2D eigenvalue weighted by molar-refractivity contribution is 5.99. The SMILES string of the molecule is CCNc1ccc([N+](=O)[O-])c(C(=O)N2CC(C)C(C)C2)c1. The summed E-state index contributed by atoms with van der Waals surface area (Å²) in [6.07, 6.45) is 0. The molecule has 1 amide bonds. The number of benzene rings is 1. The number of nitrogens with one attached hydrogen (secondary N) is 1. The summed E-state index contributed by atoms with van der Waals surface area (Å²) in [5.74, 6) is 0.590. The van der Waals surface area contributed by atoms with Gasteiger partial charge in [-0.1, -0.05) is 13.8 Å². The minimum absolute atomic E-state index is 0.131. The zero-order valence-corrected chi connectivity index (χ0v) is 12.6. The van der Waals surface area contributed by atoms with Crippen molar-refractivity contribution in [3.05, 3.63) is 33.9 Å². The summed E-state index contributed by atoms with van der Waals surface area (Å²) in [7, 11) is 0. The molecule has 1 aliphatic heterocycles. The fourth-order valence-electron chi connectivity index (χ4n) is 2.65. The molecule has 0 saturated carbocycles. The van der Waals surface area contributed by atoms with E-state index in [2.05, 4.69) is 19.2 Å². The maximum Gasteiger partial charge on any atom is 0.282 e. The molecule has 0 aliphatic carbocycles. The third-order valence-electron chi connectivity index (χ3n) is 4.08. The lowest BCUT2D eigenvalue weighted by atomic mass is 10.0. The van der Waals surface area contributed by atoms with Gasteiger partial charge in [-0.25, -0.2) is 0 Å². The summed E-state index contributed by atoms with van der Waals surface area (Å²) >= 11 is 0. The number of likely N-dealkylation sites (tertiary alicyclic amines) is 1. The van der Waals surface area contributed by atoms with Crippen molar-refractivity contribution in [1.82, 2.24) is 4.90 Å². The van der Waals surface area contributed by atoms with Crippen LogP contribution in [0.3, 0.4) is 0 Å². The van der Waals surface area contributed by atoms with Crippen LogP contribution in [0.2, 0.25) is 0 Å². The van der Waals surface area contributed by atoms with Gasteiger partial charge in [0, 0.05) is 31.4 Å². The van der Waals surface area contributed by atoms with E-state index in [1.165, 1.54) is 6.07 Å². The standard InChI is InChI=1S/C15H21N3O3/c1-4-16-12-5-6-14(18(20)21)13(7-12)15(19)17-8-10(2)11(3)9-17/h5-7,10-11,16H,4,8-9H2,1-3H3. The van der Waals surface area contributed by atoms with Gasteiger partial charge >= 0.3 is 0 Å². The molecule has 6 heteroatoms. The van der Waals surface area contributed by atoms with Crippen LogP contribution in [-0.2, 0) is 0 Å². The van der Waals surface area contributed by atoms with Gasteiger partial charge in [0.25, 0.3) is 11.6 Å². The number of rotatable bonds is 4. The number of nitrogens with zero attached hydrogens (tertiary/aromatic N) is 2. The molecular weight excluding hydrogens is 270 g/mol. The highest BCUT2D eigenvalue weighted by atomic mass is 16.6. The molecule has 1 fully saturated rings. The molecule has 1 aromatic carbocycles. The second-order valence-corrected chi connectivity index (χ2v) is 5.68. The highest BCUT2D eigenvalue weighted by Gasteiger charge is 2.32.